The van der Waals surface area contributed by atoms with Crippen molar-refractivity contribution in [3.8, 4) is 0 Å². The predicted octanol–water partition coefficient (Wildman–Crippen LogP) is 4.48. The summed E-state index contributed by atoms with van der Waals surface area (Å²) in [7, 11) is 0. The molecule has 0 radical (unpaired) electrons. The van der Waals surface area contributed by atoms with Crippen LogP contribution in [0.2, 0.25) is 0 Å². The lowest BCUT2D eigenvalue weighted by atomic mass is 9.85. The summed E-state index contributed by atoms with van der Waals surface area (Å²) in [6.07, 6.45) is -0.572. The number of rotatable bonds is 3. The fraction of sp³-hybridized carbons (Fsp3) is 0.667. The van der Waals surface area contributed by atoms with Gasteiger partial charge in [0, 0.05) is 6.04 Å². The first-order chi connectivity index (χ1) is 9.95. The summed E-state index contributed by atoms with van der Waals surface area (Å²) in [6.45, 7) is 0. The Balaban J connectivity index is 1.63. The van der Waals surface area contributed by atoms with Gasteiger partial charge in [-0.05, 0) is 55.0 Å². The molecular weight excluding hydrogens is 299 g/mol. The van der Waals surface area contributed by atoms with E-state index >= 15 is 0 Å². The molecule has 2 fully saturated rings. The topological polar surface area (TPSA) is 29.1 Å². The number of alkyl halides is 3. The van der Waals surface area contributed by atoms with Crippen molar-refractivity contribution in [3.05, 3.63) is 21.9 Å². The van der Waals surface area contributed by atoms with Crippen LogP contribution in [0.5, 0.6) is 0 Å². The molecule has 2 aliphatic carbocycles. The average Bonchev–Trinajstić information content (AvgIpc) is 3.15. The van der Waals surface area contributed by atoms with E-state index in [2.05, 4.69) is 5.32 Å². The molecule has 2 nitrogen and oxygen atoms in total. The third-order valence-corrected chi connectivity index (χ3v) is 5.32. The van der Waals surface area contributed by atoms with Crippen LogP contribution >= 0.6 is 11.3 Å². The van der Waals surface area contributed by atoms with Crippen LogP contribution in [0.3, 0.4) is 0 Å². The minimum Gasteiger partial charge on any atom is -0.349 e. The maximum atomic E-state index is 12.8. The van der Waals surface area contributed by atoms with Crippen LogP contribution in [0.25, 0.3) is 0 Å². The van der Waals surface area contributed by atoms with Gasteiger partial charge in [-0.3, -0.25) is 4.79 Å². The lowest BCUT2D eigenvalue weighted by Gasteiger charge is -2.31. The van der Waals surface area contributed by atoms with Gasteiger partial charge in [-0.25, -0.2) is 0 Å². The molecule has 0 aliphatic heterocycles. The number of thiophene rings is 1. The molecule has 2 atom stereocenters. The van der Waals surface area contributed by atoms with Crippen LogP contribution in [0.4, 0.5) is 13.2 Å². The Bertz CT molecular complexity index is 521. The fourth-order valence-electron chi connectivity index (χ4n) is 3.09. The summed E-state index contributed by atoms with van der Waals surface area (Å²) in [5, 5.41) is 4.71. The predicted molar refractivity (Wildman–Crippen MR) is 75.6 cm³/mol. The standard InChI is InChI=1S/C15H18F3NOS/c16-15(17,18)10-2-1-3-11(8-10)19-14(20)13-12(6-7-21-13)9-4-5-9/h6-7,9-11H,1-5,8H2,(H,19,20)/t10-,11-/m1/s1. The first-order valence-electron chi connectivity index (χ1n) is 7.40. The van der Waals surface area contributed by atoms with Gasteiger partial charge in [-0.1, -0.05) is 6.42 Å². The van der Waals surface area contributed by atoms with Crippen LogP contribution in [-0.4, -0.2) is 18.1 Å². The molecule has 6 heteroatoms. The van der Waals surface area contributed by atoms with Gasteiger partial charge in [0.15, 0.2) is 0 Å². The highest BCUT2D eigenvalue weighted by Gasteiger charge is 2.42. The van der Waals surface area contributed by atoms with Gasteiger partial charge in [0.1, 0.15) is 0 Å². The molecule has 3 rings (SSSR count). The highest BCUT2D eigenvalue weighted by Crippen LogP contribution is 2.43. The zero-order valence-electron chi connectivity index (χ0n) is 11.6. The summed E-state index contributed by atoms with van der Waals surface area (Å²) in [6, 6.07) is 1.61. The van der Waals surface area contributed by atoms with Crippen molar-refractivity contribution in [1.82, 2.24) is 5.32 Å². The molecule has 116 valence electrons. The second-order valence-corrected chi connectivity index (χ2v) is 6.97. The molecule has 1 N–H and O–H groups in total. The molecule has 1 amide bonds. The number of carbonyl (C=O) groups is 1. The number of nitrogens with one attached hydrogen (secondary N) is 1. The van der Waals surface area contributed by atoms with Gasteiger partial charge in [-0.2, -0.15) is 13.2 Å². The average molecular weight is 317 g/mol. The first kappa shape index (κ1) is 14.9. The number of hydrogen-bond donors (Lipinski definition) is 1. The summed E-state index contributed by atoms with van der Waals surface area (Å²) < 4.78 is 38.4. The molecule has 0 bridgehead atoms. The molecule has 0 saturated heterocycles. The van der Waals surface area contributed by atoms with Crippen molar-refractivity contribution >= 4 is 17.2 Å². The van der Waals surface area contributed by atoms with E-state index < -0.39 is 12.1 Å². The molecular formula is C15H18F3NOS. The monoisotopic (exact) mass is 317 g/mol. The molecule has 0 unspecified atom stereocenters. The summed E-state index contributed by atoms with van der Waals surface area (Å²) >= 11 is 1.39. The Hall–Kier alpha value is -1.04. The van der Waals surface area contributed by atoms with E-state index in [4.69, 9.17) is 0 Å². The van der Waals surface area contributed by atoms with Gasteiger partial charge in [0.25, 0.3) is 5.91 Å². The lowest BCUT2D eigenvalue weighted by molar-refractivity contribution is -0.183. The van der Waals surface area contributed by atoms with Gasteiger partial charge in [0.2, 0.25) is 0 Å². The highest BCUT2D eigenvalue weighted by atomic mass is 32.1. The summed E-state index contributed by atoms with van der Waals surface area (Å²) in [5.74, 6) is -0.992. The van der Waals surface area contributed by atoms with E-state index in [-0.39, 0.29) is 24.8 Å². The van der Waals surface area contributed by atoms with E-state index in [1.165, 1.54) is 11.3 Å². The zero-order valence-corrected chi connectivity index (χ0v) is 12.4. The second kappa shape index (κ2) is 5.63. The van der Waals surface area contributed by atoms with Gasteiger partial charge in [-0.15, -0.1) is 11.3 Å². The van der Waals surface area contributed by atoms with Crippen molar-refractivity contribution in [2.24, 2.45) is 5.92 Å². The van der Waals surface area contributed by atoms with Crippen LogP contribution < -0.4 is 5.32 Å². The Morgan fingerprint density at radius 2 is 2.00 bits per heavy atom. The number of amides is 1. The van der Waals surface area contributed by atoms with Crippen molar-refractivity contribution in [2.75, 3.05) is 0 Å². The molecule has 2 aliphatic rings. The van der Waals surface area contributed by atoms with E-state index in [9.17, 15) is 18.0 Å². The maximum absolute atomic E-state index is 12.8. The second-order valence-electron chi connectivity index (χ2n) is 6.05. The minimum absolute atomic E-state index is 0.0133. The Morgan fingerprint density at radius 1 is 1.24 bits per heavy atom. The fourth-order valence-corrected chi connectivity index (χ4v) is 3.98. The van der Waals surface area contributed by atoms with Crippen molar-refractivity contribution < 1.29 is 18.0 Å². The Morgan fingerprint density at radius 3 is 2.67 bits per heavy atom. The van der Waals surface area contributed by atoms with E-state index in [1.54, 1.807) is 0 Å². The third-order valence-electron chi connectivity index (χ3n) is 4.39. The van der Waals surface area contributed by atoms with Gasteiger partial charge < -0.3 is 5.32 Å². The largest absolute Gasteiger partial charge is 0.391 e. The summed E-state index contributed by atoms with van der Waals surface area (Å²) in [5.41, 5.74) is 1.07. The quantitative estimate of drug-likeness (QED) is 0.875. The van der Waals surface area contributed by atoms with Gasteiger partial charge in [0.05, 0.1) is 10.8 Å². The Labute approximate surface area is 125 Å². The van der Waals surface area contributed by atoms with E-state index in [1.807, 2.05) is 11.4 Å². The van der Waals surface area contributed by atoms with Crippen LogP contribution in [-0.2, 0) is 0 Å². The number of carbonyl (C=O) groups excluding carboxylic acids is 1. The maximum Gasteiger partial charge on any atom is 0.391 e. The zero-order chi connectivity index (χ0) is 15.0. The molecule has 0 aromatic carbocycles. The van der Waals surface area contributed by atoms with Crippen LogP contribution in [0.1, 0.15) is 59.7 Å². The summed E-state index contributed by atoms with van der Waals surface area (Å²) in [4.78, 5) is 13.0. The molecule has 1 aromatic heterocycles. The molecule has 1 aromatic rings. The molecule has 1 heterocycles. The smallest absolute Gasteiger partial charge is 0.349 e. The van der Waals surface area contributed by atoms with Crippen LogP contribution in [0.15, 0.2) is 11.4 Å². The van der Waals surface area contributed by atoms with E-state index in [0.29, 0.717) is 23.6 Å². The van der Waals surface area contributed by atoms with Gasteiger partial charge >= 0.3 is 6.18 Å². The lowest BCUT2D eigenvalue weighted by Crippen LogP contribution is -2.41. The first-order valence-corrected chi connectivity index (χ1v) is 8.28. The van der Waals surface area contributed by atoms with E-state index in [0.717, 1.165) is 18.4 Å². The molecule has 0 spiro atoms. The SMILES string of the molecule is O=C(N[C@@H]1CCC[C@@H](C(F)(F)F)C1)c1sccc1C1CC1. The molecule has 2 saturated carbocycles. The minimum atomic E-state index is -4.15. The Kier molecular flexibility index (Phi) is 3.99. The van der Waals surface area contributed by atoms with Crippen molar-refractivity contribution in [2.45, 2.75) is 56.7 Å². The van der Waals surface area contributed by atoms with Crippen molar-refractivity contribution in [1.29, 1.82) is 0 Å². The van der Waals surface area contributed by atoms with Crippen molar-refractivity contribution in [3.63, 3.8) is 0 Å². The number of halogens is 3. The highest BCUT2D eigenvalue weighted by molar-refractivity contribution is 7.12. The normalized spacial score (nSPS) is 26.6. The third kappa shape index (κ3) is 3.42. The number of hydrogen-bond acceptors (Lipinski definition) is 2. The van der Waals surface area contributed by atoms with Crippen LogP contribution in [0, 0.1) is 5.92 Å². The molecule has 21 heavy (non-hydrogen) atoms.